The first kappa shape index (κ1) is 25.3. The minimum absolute atomic E-state index is 0.0696. The third-order valence-corrected chi connectivity index (χ3v) is 8.33. The van der Waals surface area contributed by atoms with Gasteiger partial charge in [-0.25, -0.2) is 8.78 Å². The lowest BCUT2D eigenvalue weighted by molar-refractivity contribution is -0.203. The Labute approximate surface area is 197 Å². The molecule has 4 fully saturated rings. The maximum atomic E-state index is 13.4. The zero-order valence-corrected chi connectivity index (χ0v) is 20.6. The van der Waals surface area contributed by atoms with E-state index in [-0.39, 0.29) is 24.5 Å². The molecule has 0 radical (unpaired) electrons. The van der Waals surface area contributed by atoms with Crippen LogP contribution in [0.5, 0.6) is 0 Å². The van der Waals surface area contributed by atoms with Crippen LogP contribution in [0.3, 0.4) is 0 Å². The number of hydrogen-bond acceptors (Lipinski definition) is 5. The van der Waals surface area contributed by atoms with E-state index in [2.05, 4.69) is 16.7 Å². The van der Waals surface area contributed by atoms with E-state index >= 15 is 0 Å². The highest BCUT2D eigenvalue weighted by atomic mass is 19.3. The van der Waals surface area contributed by atoms with Crippen LogP contribution in [0.2, 0.25) is 0 Å². The van der Waals surface area contributed by atoms with Gasteiger partial charge in [-0.1, -0.05) is 6.92 Å². The summed E-state index contributed by atoms with van der Waals surface area (Å²) in [5, 5.41) is 0. The smallest absolute Gasteiger partial charge is 0.250 e. The largest absolute Gasteiger partial charge is 0.348 e. The number of rotatable bonds is 8. The van der Waals surface area contributed by atoms with E-state index in [0.29, 0.717) is 70.2 Å². The van der Waals surface area contributed by atoms with E-state index in [0.717, 1.165) is 45.2 Å². The van der Waals surface area contributed by atoms with Crippen molar-refractivity contribution in [3.05, 3.63) is 0 Å². The first-order valence-electron chi connectivity index (χ1n) is 13.2. The second kappa shape index (κ2) is 10.8. The Bertz CT molecular complexity index is 649. The number of carbonyl (C=O) groups excluding carboxylic acids is 1. The van der Waals surface area contributed by atoms with Gasteiger partial charge in [-0.3, -0.25) is 9.69 Å². The Kier molecular flexibility index (Phi) is 8.30. The number of halogens is 2. The summed E-state index contributed by atoms with van der Waals surface area (Å²) in [4.78, 5) is 19.8. The zero-order valence-electron chi connectivity index (χ0n) is 20.6. The molecule has 0 aromatic heterocycles. The lowest BCUT2D eigenvalue weighted by Gasteiger charge is -2.51. The maximum absolute atomic E-state index is 13.4. The highest BCUT2D eigenvalue weighted by molar-refractivity contribution is 5.76. The van der Waals surface area contributed by atoms with Crippen LogP contribution in [0.15, 0.2) is 0 Å². The predicted octanol–water partition coefficient (Wildman–Crippen LogP) is 3.60. The number of likely N-dealkylation sites (N-methyl/N-ethyl adjacent to an activating group) is 1. The second-order valence-corrected chi connectivity index (χ2v) is 10.6. The standard InChI is InChI=1S/C25H43F2N3O3/c1-3-9-30-19-20(16-21-18-25(6-5-22(21)30)32-14-15-33-25)17-23(31)29(4-2)13-12-28-10-7-24(26,27)8-11-28/h20-22H,3-19H2,1-2H3/t20-,21-,22-/m1/s1. The fourth-order valence-electron chi connectivity index (χ4n) is 6.58. The highest BCUT2D eigenvalue weighted by Crippen LogP contribution is 2.45. The van der Waals surface area contributed by atoms with Gasteiger partial charge >= 0.3 is 0 Å². The molecule has 3 atom stereocenters. The van der Waals surface area contributed by atoms with Gasteiger partial charge in [0.15, 0.2) is 5.79 Å². The summed E-state index contributed by atoms with van der Waals surface area (Å²) in [5.74, 6) is -1.83. The van der Waals surface area contributed by atoms with E-state index in [1.54, 1.807) is 0 Å². The van der Waals surface area contributed by atoms with E-state index < -0.39 is 5.92 Å². The van der Waals surface area contributed by atoms with Gasteiger partial charge in [0.2, 0.25) is 5.91 Å². The fraction of sp³-hybridized carbons (Fsp3) is 0.960. The van der Waals surface area contributed by atoms with Gasteiger partial charge in [0.25, 0.3) is 5.92 Å². The Hall–Kier alpha value is -0.830. The highest BCUT2D eigenvalue weighted by Gasteiger charge is 2.49. The number of ether oxygens (including phenoxy) is 2. The molecule has 8 heteroatoms. The van der Waals surface area contributed by atoms with Crippen LogP contribution in [0.4, 0.5) is 8.78 Å². The van der Waals surface area contributed by atoms with Gasteiger partial charge in [0.1, 0.15) is 0 Å². The van der Waals surface area contributed by atoms with Crippen LogP contribution >= 0.6 is 0 Å². The van der Waals surface area contributed by atoms with Crippen molar-refractivity contribution in [1.82, 2.24) is 14.7 Å². The number of alkyl halides is 2. The summed E-state index contributed by atoms with van der Waals surface area (Å²) >= 11 is 0. The molecule has 4 rings (SSSR count). The molecule has 3 saturated heterocycles. The van der Waals surface area contributed by atoms with Crippen LogP contribution in [-0.2, 0) is 14.3 Å². The predicted molar refractivity (Wildman–Crippen MR) is 123 cm³/mol. The number of amides is 1. The van der Waals surface area contributed by atoms with E-state index in [1.807, 2.05) is 11.8 Å². The molecule has 1 aliphatic carbocycles. The molecule has 190 valence electrons. The Morgan fingerprint density at radius 2 is 1.82 bits per heavy atom. The fourth-order valence-corrected chi connectivity index (χ4v) is 6.58. The number of fused-ring (bicyclic) bond motifs is 1. The Balaban J connectivity index is 1.31. The second-order valence-electron chi connectivity index (χ2n) is 10.6. The first-order chi connectivity index (χ1) is 15.8. The normalized spacial score (nSPS) is 32.1. The first-order valence-corrected chi connectivity index (χ1v) is 13.2. The van der Waals surface area contributed by atoms with E-state index in [9.17, 15) is 13.6 Å². The molecule has 3 heterocycles. The van der Waals surface area contributed by atoms with Crippen molar-refractivity contribution in [1.29, 1.82) is 0 Å². The SMILES string of the molecule is CCCN1C[C@@H](CC(=O)N(CC)CCN2CCC(F)(F)CC2)C[C@@H]2CC3(CC[C@H]21)OCCO3. The van der Waals surface area contributed by atoms with Gasteiger partial charge in [0, 0.05) is 77.4 Å². The zero-order chi connectivity index (χ0) is 23.5. The van der Waals surface area contributed by atoms with E-state index in [1.165, 1.54) is 0 Å². The van der Waals surface area contributed by atoms with Gasteiger partial charge in [0.05, 0.1) is 13.2 Å². The van der Waals surface area contributed by atoms with Crippen LogP contribution in [0.1, 0.15) is 65.2 Å². The summed E-state index contributed by atoms with van der Waals surface area (Å²) < 4.78 is 38.9. The van der Waals surface area contributed by atoms with Crippen LogP contribution in [0.25, 0.3) is 0 Å². The van der Waals surface area contributed by atoms with E-state index in [4.69, 9.17) is 9.47 Å². The molecule has 0 N–H and O–H groups in total. The maximum Gasteiger partial charge on any atom is 0.250 e. The number of piperidine rings is 2. The molecule has 0 unspecified atom stereocenters. The lowest BCUT2D eigenvalue weighted by Crippen LogP contribution is -2.55. The molecule has 0 aromatic carbocycles. The van der Waals surface area contributed by atoms with Crippen molar-refractivity contribution in [3.8, 4) is 0 Å². The number of carbonyl (C=O) groups is 1. The molecule has 6 nitrogen and oxygen atoms in total. The van der Waals surface area contributed by atoms with Crippen molar-refractivity contribution in [3.63, 3.8) is 0 Å². The molecular formula is C25H43F2N3O3. The van der Waals surface area contributed by atoms with Gasteiger partial charge < -0.3 is 19.3 Å². The van der Waals surface area contributed by atoms with Gasteiger partial charge in [-0.15, -0.1) is 0 Å². The average Bonchev–Trinajstić information content (AvgIpc) is 3.22. The van der Waals surface area contributed by atoms with Crippen LogP contribution in [-0.4, -0.2) is 97.4 Å². The Morgan fingerprint density at radius 3 is 2.48 bits per heavy atom. The van der Waals surface area contributed by atoms with Gasteiger partial charge in [-0.05, 0) is 44.6 Å². The third kappa shape index (κ3) is 6.24. The minimum Gasteiger partial charge on any atom is -0.348 e. The number of nitrogens with zero attached hydrogens (tertiary/aromatic N) is 3. The van der Waals surface area contributed by atoms with Gasteiger partial charge in [-0.2, -0.15) is 0 Å². The average molecular weight is 472 g/mol. The Morgan fingerprint density at radius 1 is 1.09 bits per heavy atom. The molecular weight excluding hydrogens is 428 g/mol. The van der Waals surface area contributed by atoms with Crippen molar-refractivity contribution >= 4 is 5.91 Å². The number of hydrogen-bond donors (Lipinski definition) is 0. The summed E-state index contributed by atoms with van der Waals surface area (Å²) in [6.07, 6.45) is 5.65. The summed E-state index contributed by atoms with van der Waals surface area (Å²) in [5.41, 5.74) is 0. The topological polar surface area (TPSA) is 45.3 Å². The molecule has 3 aliphatic heterocycles. The molecule has 0 bridgehead atoms. The van der Waals surface area contributed by atoms with Crippen molar-refractivity contribution in [2.75, 3.05) is 59.0 Å². The molecule has 0 aromatic rings. The molecule has 1 spiro atoms. The van der Waals surface area contributed by atoms with Crippen LogP contribution < -0.4 is 0 Å². The third-order valence-electron chi connectivity index (χ3n) is 8.33. The summed E-state index contributed by atoms with van der Waals surface area (Å²) in [6, 6.07) is 0.578. The van der Waals surface area contributed by atoms with Crippen molar-refractivity contribution < 1.29 is 23.0 Å². The van der Waals surface area contributed by atoms with Crippen molar-refractivity contribution in [2.45, 2.75) is 83.0 Å². The molecule has 33 heavy (non-hydrogen) atoms. The molecule has 1 saturated carbocycles. The minimum atomic E-state index is -2.52. The lowest BCUT2D eigenvalue weighted by atomic mass is 9.72. The summed E-state index contributed by atoms with van der Waals surface area (Å²) in [7, 11) is 0. The molecule has 1 amide bonds. The number of likely N-dealkylation sites (tertiary alicyclic amines) is 2. The van der Waals surface area contributed by atoms with Crippen molar-refractivity contribution in [2.24, 2.45) is 11.8 Å². The quantitative estimate of drug-likeness (QED) is 0.541. The summed E-state index contributed by atoms with van der Waals surface area (Å²) in [6.45, 7) is 10.5. The molecule has 4 aliphatic rings. The monoisotopic (exact) mass is 471 g/mol. The van der Waals surface area contributed by atoms with Crippen LogP contribution in [0, 0.1) is 11.8 Å².